The van der Waals surface area contributed by atoms with Crippen LogP contribution in [0, 0.1) is 13.8 Å². The third-order valence-corrected chi connectivity index (χ3v) is 5.23. The van der Waals surface area contributed by atoms with Gasteiger partial charge in [-0.05, 0) is 81.0 Å². The second-order valence-electron chi connectivity index (χ2n) is 7.13. The zero-order valence-electron chi connectivity index (χ0n) is 15.5. The van der Waals surface area contributed by atoms with Crippen LogP contribution in [-0.2, 0) is 0 Å². The van der Waals surface area contributed by atoms with E-state index in [1.165, 1.54) is 30.5 Å². The minimum Gasteiger partial charge on any atom is -0.372 e. The minimum atomic E-state index is -0.0179. The maximum absolute atomic E-state index is 12.5. The summed E-state index contributed by atoms with van der Waals surface area (Å²) in [4.78, 5) is 14.9. The molecule has 1 aliphatic rings. The van der Waals surface area contributed by atoms with Crippen LogP contribution in [0.25, 0.3) is 0 Å². The van der Waals surface area contributed by atoms with E-state index >= 15 is 0 Å². The molecule has 0 bridgehead atoms. The number of anilines is 1. The number of amides is 1. The molecule has 1 amide bonds. The van der Waals surface area contributed by atoms with Crippen LogP contribution in [0.5, 0.6) is 0 Å². The van der Waals surface area contributed by atoms with Crippen molar-refractivity contribution in [3.05, 3.63) is 64.7 Å². The van der Waals surface area contributed by atoms with Gasteiger partial charge in [-0.3, -0.25) is 4.79 Å². The standard InChI is InChI=1S/C22H28N2O/c1-16-7-8-20(15-17(16)2)22(25)23-18(3)19-9-11-21(12-10-19)24-13-5-4-6-14-24/h7-12,15,18H,4-6,13-14H2,1-3H3,(H,23,25). The summed E-state index contributed by atoms with van der Waals surface area (Å²) in [5, 5.41) is 3.11. The van der Waals surface area contributed by atoms with Gasteiger partial charge in [0.15, 0.2) is 0 Å². The van der Waals surface area contributed by atoms with E-state index in [0.717, 1.165) is 29.8 Å². The number of hydrogen-bond donors (Lipinski definition) is 1. The lowest BCUT2D eigenvalue weighted by Crippen LogP contribution is -2.29. The number of aryl methyl sites for hydroxylation is 2. The Kier molecular flexibility index (Phi) is 5.42. The highest BCUT2D eigenvalue weighted by atomic mass is 16.1. The zero-order valence-corrected chi connectivity index (χ0v) is 15.5. The predicted octanol–water partition coefficient (Wildman–Crippen LogP) is 4.78. The maximum atomic E-state index is 12.5. The lowest BCUT2D eigenvalue weighted by atomic mass is 10.0. The highest BCUT2D eigenvalue weighted by molar-refractivity contribution is 5.94. The molecule has 2 aromatic carbocycles. The number of nitrogens with zero attached hydrogens (tertiary/aromatic N) is 1. The average molecular weight is 336 g/mol. The summed E-state index contributed by atoms with van der Waals surface area (Å²) in [5.74, 6) is -0.0179. The van der Waals surface area contributed by atoms with Gasteiger partial charge in [0, 0.05) is 24.3 Å². The Bertz CT molecular complexity index is 730. The molecule has 3 rings (SSSR count). The molecule has 0 radical (unpaired) electrons. The molecule has 0 aromatic heterocycles. The molecular weight excluding hydrogens is 308 g/mol. The lowest BCUT2D eigenvalue weighted by Gasteiger charge is -2.29. The van der Waals surface area contributed by atoms with Crippen molar-refractivity contribution in [3.63, 3.8) is 0 Å². The number of hydrogen-bond acceptors (Lipinski definition) is 2. The molecule has 3 nitrogen and oxygen atoms in total. The number of carbonyl (C=O) groups is 1. The molecular formula is C22H28N2O. The quantitative estimate of drug-likeness (QED) is 0.871. The Balaban J connectivity index is 1.65. The van der Waals surface area contributed by atoms with E-state index in [9.17, 15) is 4.79 Å². The number of benzene rings is 2. The van der Waals surface area contributed by atoms with Gasteiger partial charge in [0.1, 0.15) is 0 Å². The van der Waals surface area contributed by atoms with E-state index in [4.69, 9.17) is 0 Å². The highest BCUT2D eigenvalue weighted by Crippen LogP contribution is 2.22. The van der Waals surface area contributed by atoms with Crippen molar-refractivity contribution in [2.45, 2.75) is 46.1 Å². The predicted molar refractivity (Wildman–Crippen MR) is 104 cm³/mol. The number of rotatable bonds is 4. The SMILES string of the molecule is Cc1ccc(C(=O)NC(C)c2ccc(N3CCCCC3)cc2)cc1C. The van der Waals surface area contributed by atoms with Crippen LogP contribution in [-0.4, -0.2) is 19.0 Å². The smallest absolute Gasteiger partial charge is 0.251 e. The Morgan fingerprint density at radius 1 is 0.960 bits per heavy atom. The van der Waals surface area contributed by atoms with Crippen LogP contribution in [0.3, 0.4) is 0 Å². The van der Waals surface area contributed by atoms with E-state index in [2.05, 4.69) is 41.4 Å². The minimum absolute atomic E-state index is 0.00971. The van der Waals surface area contributed by atoms with E-state index in [0.29, 0.717) is 0 Å². The van der Waals surface area contributed by atoms with Crippen LogP contribution in [0.1, 0.15) is 59.3 Å². The molecule has 1 fully saturated rings. The van der Waals surface area contributed by atoms with Crippen LogP contribution in [0.15, 0.2) is 42.5 Å². The summed E-state index contributed by atoms with van der Waals surface area (Å²) in [6, 6.07) is 14.5. The third kappa shape index (κ3) is 4.22. The summed E-state index contributed by atoms with van der Waals surface area (Å²) in [6.45, 7) is 8.43. The summed E-state index contributed by atoms with van der Waals surface area (Å²) in [5.41, 5.74) is 5.50. The van der Waals surface area contributed by atoms with Crippen LogP contribution >= 0.6 is 0 Å². The first kappa shape index (κ1) is 17.5. The Labute approximate surface area is 151 Å². The third-order valence-electron chi connectivity index (χ3n) is 5.23. The number of carbonyl (C=O) groups excluding carboxylic acids is 1. The molecule has 1 saturated heterocycles. The number of piperidine rings is 1. The van der Waals surface area contributed by atoms with Gasteiger partial charge in [0.2, 0.25) is 0 Å². The maximum Gasteiger partial charge on any atom is 0.251 e. The fourth-order valence-corrected chi connectivity index (χ4v) is 3.37. The van der Waals surface area contributed by atoms with Crippen molar-refractivity contribution in [1.82, 2.24) is 5.32 Å². The van der Waals surface area contributed by atoms with Gasteiger partial charge >= 0.3 is 0 Å². The van der Waals surface area contributed by atoms with Gasteiger partial charge in [-0.2, -0.15) is 0 Å². The molecule has 1 unspecified atom stereocenters. The van der Waals surface area contributed by atoms with Crippen LogP contribution in [0.2, 0.25) is 0 Å². The zero-order chi connectivity index (χ0) is 17.8. The fourth-order valence-electron chi connectivity index (χ4n) is 3.37. The van der Waals surface area contributed by atoms with E-state index in [1.807, 2.05) is 32.0 Å². The lowest BCUT2D eigenvalue weighted by molar-refractivity contribution is 0.0940. The van der Waals surface area contributed by atoms with Crippen molar-refractivity contribution < 1.29 is 4.79 Å². The van der Waals surface area contributed by atoms with Crippen LogP contribution in [0.4, 0.5) is 5.69 Å². The van der Waals surface area contributed by atoms with E-state index in [1.54, 1.807) is 0 Å². The molecule has 1 atom stereocenters. The Morgan fingerprint density at radius 2 is 1.64 bits per heavy atom. The van der Waals surface area contributed by atoms with Gasteiger partial charge < -0.3 is 10.2 Å². The molecule has 132 valence electrons. The first-order chi connectivity index (χ1) is 12.0. The van der Waals surface area contributed by atoms with Gasteiger partial charge in [-0.1, -0.05) is 18.2 Å². The van der Waals surface area contributed by atoms with Gasteiger partial charge in [-0.25, -0.2) is 0 Å². The molecule has 25 heavy (non-hydrogen) atoms. The topological polar surface area (TPSA) is 32.3 Å². The summed E-state index contributed by atoms with van der Waals surface area (Å²) in [6.07, 6.45) is 3.91. The molecule has 3 heteroatoms. The summed E-state index contributed by atoms with van der Waals surface area (Å²) in [7, 11) is 0. The normalized spacial score (nSPS) is 15.7. The van der Waals surface area contributed by atoms with Crippen molar-refractivity contribution in [2.75, 3.05) is 18.0 Å². The summed E-state index contributed by atoms with van der Waals surface area (Å²) >= 11 is 0. The number of nitrogens with one attached hydrogen (secondary N) is 1. The average Bonchev–Trinajstić information content (AvgIpc) is 2.64. The van der Waals surface area contributed by atoms with Crippen molar-refractivity contribution in [1.29, 1.82) is 0 Å². The van der Waals surface area contributed by atoms with Crippen molar-refractivity contribution >= 4 is 11.6 Å². The molecule has 1 heterocycles. The summed E-state index contributed by atoms with van der Waals surface area (Å²) < 4.78 is 0. The van der Waals surface area contributed by atoms with Gasteiger partial charge in [0.25, 0.3) is 5.91 Å². The first-order valence-corrected chi connectivity index (χ1v) is 9.27. The molecule has 2 aromatic rings. The van der Waals surface area contributed by atoms with Gasteiger partial charge in [-0.15, -0.1) is 0 Å². The molecule has 0 spiro atoms. The molecule has 0 saturated carbocycles. The molecule has 0 aliphatic carbocycles. The highest BCUT2D eigenvalue weighted by Gasteiger charge is 2.14. The van der Waals surface area contributed by atoms with Gasteiger partial charge in [0.05, 0.1) is 6.04 Å². The second kappa shape index (κ2) is 7.73. The Hall–Kier alpha value is -2.29. The Morgan fingerprint density at radius 3 is 2.28 bits per heavy atom. The molecule has 1 aliphatic heterocycles. The van der Waals surface area contributed by atoms with Crippen molar-refractivity contribution in [2.24, 2.45) is 0 Å². The fraction of sp³-hybridized carbons (Fsp3) is 0.409. The largest absolute Gasteiger partial charge is 0.372 e. The second-order valence-corrected chi connectivity index (χ2v) is 7.13. The van der Waals surface area contributed by atoms with E-state index < -0.39 is 0 Å². The van der Waals surface area contributed by atoms with Crippen molar-refractivity contribution in [3.8, 4) is 0 Å². The first-order valence-electron chi connectivity index (χ1n) is 9.27. The monoisotopic (exact) mass is 336 g/mol. The molecule has 1 N–H and O–H groups in total. The van der Waals surface area contributed by atoms with Crippen LogP contribution < -0.4 is 10.2 Å². The van der Waals surface area contributed by atoms with E-state index in [-0.39, 0.29) is 11.9 Å².